The lowest BCUT2D eigenvalue weighted by atomic mass is 9.97. The third kappa shape index (κ3) is 3.37. The van der Waals surface area contributed by atoms with Crippen LogP contribution in [0.1, 0.15) is 34.3 Å². The summed E-state index contributed by atoms with van der Waals surface area (Å²) in [5.74, 6) is 0.440. The lowest BCUT2D eigenvalue weighted by Gasteiger charge is -2.09. The Labute approximate surface area is 147 Å². The van der Waals surface area contributed by atoms with Gasteiger partial charge < -0.3 is 4.42 Å². The van der Waals surface area contributed by atoms with Gasteiger partial charge in [-0.25, -0.2) is 4.79 Å². The summed E-state index contributed by atoms with van der Waals surface area (Å²) >= 11 is 2.36. The number of hydrogen-bond acceptors (Lipinski definition) is 3. The minimum absolute atomic E-state index is 0.0354. The van der Waals surface area contributed by atoms with E-state index in [2.05, 4.69) is 29.5 Å². The number of ketones is 1. The first-order valence-corrected chi connectivity index (χ1v) is 8.85. The van der Waals surface area contributed by atoms with Gasteiger partial charge in [0.15, 0.2) is 5.78 Å². The molecule has 23 heavy (non-hydrogen) atoms. The predicted molar refractivity (Wildman–Crippen MR) is 99.7 cm³/mol. The molecule has 1 aromatic heterocycles. The minimum atomic E-state index is -0.392. The van der Waals surface area contributed by atoms with E-state index in [1.165, 1.54) is 11.6 Å². The fourth-order valence-corrected chi connectivity index (χ4v) is 2.94. The zero-order valence-electron chi connectivity index (χ0n) is 12.6. The molecule has 3 rings (SSSR count). The monoisotopic (exact) mass is 418 g/mol. The van der Waals surface area contributed by atoms with Crippen LogP contribution in [0.2, 0.25) is 0 Å². The third-order valence-electron chi connectivity index (χ3n) is 3.85. The highest BCUT2D eigenvalue weighted by Gasteiger charge is 2.11. The van der Waals surface area contributed by atoms with Gasteiger partial charge >= 0.3 is 5.63 Å². The maximum atomic E-state index is 12.6. The molecule has 116 valence electrons. The van der Waals surface area contributed by atoms with E-state index in [9.17, 15) is 9.59 Å². The molecule has 0 aliphatic heterocycles. The SMILES string of the molecule is CC(CI)c1ccc(C(=O)c2ccc3oc(=O)ccc3c2)cc1. The van der Waals surface area contributed by atoms with Crippen molar-refractivity contribution >= 4 is 39.3 Å². The number of alkyl halides is 1. The van der Waals surface area contributed by atoms with Gasteiger partial charge in [0.2, 0.25) is 0 Å². The van der Waals surface area contributed by atoms with Crippen molar-refractivity contribution in [3.8, 4) is 0 Å². The van der Waals surface area contributed by atoms with Crippen molar-refractivity contribution in [2.45, 2.75) is 12.8 Å². The summed E-state index contributed by atoms with van der Waals surface area (Å²) in [4.78, 5) is 23.8. The molecular formula is C19H15IO3. The normalized spacial score (nSPS) is 12.3. The Morgan fingerprint density at radius 1 is 1.04 bits per heavy atom. The van der Waals surface area contributed by atoms with Crippen molar-refractivity contribution < 1.29 is 9.21 Å². The van der Waals surface area contributed by atoms with Crippen LogP contribution >= 0.6 is 22.6 Å². The number of benzene rings is 2. The zero-order chi connectivity index (χ0) is 16.4. The lowest BCUT2D eigenvalue weighted by Crippen LogP contribution is -2.03. The molecule has 3 aromatic rings. The van der Waals surface area contributed by atoms with Crippen molar-refractivity contribution in [3.05, 3.63) is 81.7 Å². The maximum absolute atomic E-state index is 12.6. The second-order valence-electron chi connectivity index (χ2n) is 5.51. The molecule has 0 saturated heterocycles. The van der Waals surface area contributed by atoms with Crippen molar-refractivity contribution in [3.63, 3.8) is 0 Å². The fraction of sp³-hybridized carbons (Fsp3) is 0.158. The van der Waals surface area contributed by atoms with Crippen LogP contribution < -0.4 is 5.63 Å². The molecule has 0 saturated carbocycles. The van der Waals surface area contributed by atoms with Crippen LogP contribution in [0.4, 0.5) is 0 Å². The van der Waals surface area contributed by atoms with Gasteiger partial charge in [-0.3, -0.25) is 4.79 Å². The first kappa shape index (κ1) is 15.9. The average Bonchev–Trinajstić information content (AvgIpc) is 2.60. The number of carbonyl (C=O) groups excluding carboxylic acids is 1. The van der Waals surface area contributed by atoms with Crippen LogP contribution in [0.25, 0.3) is 11.0 Å². The lowest BCUT2D eigenvalue weighted by molar-refractivity contribution is 0.103. The Hall–Kier alpha value is -1.95. The largest absolute Gasteiger partial charge is 0.423 e. The maximum Gasteiger partial charge on any atom is 0.336 e. The van der Waals surface area contributed by atoms with E-state index in [-0.39, 0.29) is 5.78 Å². The molecular weight excluding hydrogens is 403 g/mol. The molecule has 1 unspecified atom stereocenters. The van der Waals surface area contributed by atoms with Gasteiger partial charge in [-0.2, -0.15) is 0 Å². The highest BCUT2D eigenvalue weighted by Crippen LogP contribution is 2.21. The molecule has 0 N–H and O–H groups in total. The second-order valence-corrected chi connectivity index (χ2v) is 6.39. The number of rotatable bonds is 4. The standard InChI is InChI=1S/C19H15IO3/c1-12(11-20)13-2-4-14(5-3-13)19(22)16-6-8-17-15(10-16)7-9-18(21)23-17/h2-10,12H,11H2,1H3. The third-order valence-corrected chi connectivity index (χ3v) is 5.18. The highest BCUT2D eigenvalue weighted by atomic mass is 127. The predicted octanol–water partition coefficient (Wildman–Crippen LogP) is 4.56. The Morgan fingerprint density at radius 3 is 2.43 bits per heavy atom. The van der Waals surface area contributed by atoms with E-state index in [4.69, 9.17) is 4.42 Å². The average molecular weight is 418 g/mol. The zero-order valence-corrected chi connectivity index (χ0v) is 14.7. The van der Waals surface area contributed by atoms with E-state index in [0.717, 1.165) is 9.81 Å². The summed E-state index contributed by atoms with van der Waals surface area (Å²) in [7, 11) is 0. The summed E-state index contributed by atoms with van der Waals surface area (Å²) in [6.45, 7) is 2.17. The topological polar surface area (TPSA) is 47.3 Å². The van der Waals surface area contributed by atoms with E-state index < -0.39 is 5.63 Å². The molecule has 0 fully saturated rings. The van der Waals surface area contributed by atoms with Crippen LogP contribution in [-0.4, -0.2) is 10.2 Å². The van der Waals surface area contributed by atoms with E-state index in [1.807, 2.05) is 24.3 Å². The minimum Gasteiger partial charge on any atom is -0.423 e. The molecule has 3 nitrogen and oxygen atoms in total. The van der Waals surface area contributed by atoms with Gasteiger partial charge in [0.25, 0.3) is 0 Å². The molecule has 0 aliphatic rings. The molecule has 0 aliphatic carbocycles. The Bertz CT molecular complexity index is 910. The van der Waals surface area contributed by atoms with Gasteiger partial charge in [-0.1, -0.05) is 53.8 Å². The molecule has 4 heteroatoms. The van der Waals surface area contributed by atoms with Gasteiger partial charge in [-0.15, -0.1) is 0 Å². The van der Waals surface area contributed by atoms with Crippen molar-refractivity contribution in [2.24, 2.45) is 0 Å². The van der Waals surface area contributed by atoms with Crippen LogP contribution in [0.3, 0.4) is 0 Å². The van der Waals surface area contributed by atoms with Crippen molar-refractivity contribution in [2.75, 3.05) is 4.43 Å². The molecule has 0 spiro atoms. The van der Waals surface area contributed by atoms with Crippen molar-refractivity contribution in [1.29, 1.82) is 0 Å². The summed E-state index contributed by atoms with van der Waals surface area (Å²) < 4.78 is 6.13. The Kier molecular flexibility index (Phi) is 4.61. The van der Waals surface area contributed by atoms with Crippen LogP contribution in [0.5, 0.6) is 0 Å². The molecule has 0 amide bonds. The highest BCUT2D eigenvalue weighted by molar-refractivity contribution is 14.1. The number of carbonyl (C=O) groups is 1. The number of hydrogen-bond donors (Lipinski definition) is 0. The quantitative estimate of drug-likeness (QED) is 0.270. The summed E-state index contributed by atoms with van der Waals surface area (Å²) in [5, 5.41) is 0.741. The molecule has 1 heterocycles. The first-order valence-electron chi connectivity index (χ1n) is 7.33. The van der Waals surface area contributed by atoms with Gasteiger partial charge in [0.1, 0.15) is 5.58 Å². The molecule has 0 radical (unpaired) electrons. The first-order chi connectivity index (χ1) is 11.1. The molecule has 0 bridgehead atoms. The van der Waals surface area contributed by atoms with E-state index in [0.29, 0.717) is 22.6 Å². The summed E-state index contributed by atoms with van der Waals surface area (Å²) in [6.07, 6.45) is 0. The second kappa shape index (κ2) is 6.66. The van der Waals surface area contributed by atoms with Crippen LogP contribution in [-0.2, 0) is 0 Å². The smallest absolute Gasteiger partial charge is 0.336 e. The van der Waals surface area contributed by atoms with Gasteiger partial charge in [-0.05, 0) is 35.7 Å². The Balaban J connectivity index is 1.93. The molecule has 2 aromatic carbocycles. The van der Waals surface area contributed by atoms with E-state index >= 15 is 0 Å². The van der Waals surface area contributed by atoms with Gasteiger partial charge in [0.05, 0.1) is 0 Å². The van der Waals surface area contributed by atoms with Gasteiger partial charge in [0, 0.05) is 27.0 Å². The summed E-state index contributed by atoms with van der Waals surface area (Å²) in [5.41, 5.74) is 2.57. The number of fused-ring (bicyclic) bond motifs is 1. The van der Waals surface area contributed by atoms with Crippen LogP contribution in [0.15, 0.2) is 63.8 Å². The molecule has 1 atom stereocenters. The summed E-state index contributed by atoms with van der Waals surface area (Å²) in [6, 6.07) is 15.9. The van der Waals surface area contributed by atoms with Crippen LogP contribution in [0, 0.1) is 0 Å². The van der Waals surface area contributed by atoms with Crippen molar-refractivity contribution in [1.82, 2.24) is 0 Å². The van der Waals surface area contributed by atoms with E-state index in [1.54, 1.807) is 24.3 Å². The Morgan fingerprint density at radius 2 is 1.74 bits per heavy atom. The number of halogens is 1. The fourth-order valence-electron chi connectivity index (χ4n) is 2.43.